The summed E-state index contributed by atoms with van der Waals surface area (Å²) in [5.74, 6) is 0.604. The van der Waals surface area contributed by atoms with Crippen LogP contribution in [0.4, 0.5) is 0 Å². The lowest BCUT2D eigenvalue weighted by molar-refractivity contribution is -0.120. The molecule has 0 radical (unpaired) electrons. The number of carbonyl (C=O) groups is 2. The maximum Gasteiger partial charge on any atom is 0.261 e. The monoisotopic (exact) mass is 927 g/mol. The van der Waals surface area contributed by atoms with E-state index in [1.807, 2.05) is 27.9 Å². The first-order valence-corrected chi connectivity index (χ1v) is 27.9. The number of aliphatic hydroxyl groups excluding tert-OH is 1. The molecule has 0 bridgehead atoms. The molecule has 1 saturated heterocycles. The second-order valence-corrected chi connectivity index (χ2v) is 27.6. The van der Waals surface area contributed by atoms with Gasteiger partial charge in [-0.1, -0.05) is 177 Å². The minimum atomic E-state index is -2.43. The van der Waals surface area contributed by atoms with Gasteiger partial charge >= 0.3 is 0 Å². The number of Topliss-reactive ketones (excluding diaryl/α,β-unsaturated/α-hetero) is 2. The molecular formula is C55H86N2O6Si2. The molecule has 4 aromatic carbocycles. The average Bonchev–Trinajstić information content (AvgIpc) is 3.91. The number of unbranched alkanes of at least 4 members (excludes halogenated alkanes) is 2. The summed E-state index contributed by atoms with van der Waals surface area (Å²) in [5.41, 5.74) is 0. The van der Waals surface area contributed by atoms with Gasteiger partial charge in [0.1, 0.15) is 11.6 Å². The van der Waals surface area contributed by atoms with Crippen LogP contribution < -0.4 is 20.7 Å². The lowest BCUT2D eigenvalue weighted by Gasteiger charge is -2.43. The molecule has 0 aromatic heterocycles. The van der Waals surface area contributed by atoms with E-state index in [-0.39, 0.29) is 10.1 Å². The molecular weight excluding hydrogens is 841 g/mol. The van der Waals surface area contributed by atoms with E-state index in [1.165, 1.54) is 33.6 Å². The highest BCUT2D eigenvalue weighted by Gasteiger charge is 2.51. The van der Waals surface area contributed by atoms with Crippen molar-refractivity contribution >= 4 is 48.9 Å². The van der Waals surface area contributed by atoms with Gasteiger partial charge in [-0.3, -0.25) is 19.4 Å². The fourth-order valence-corrected chi connectivity index (χ4v) is 17.6. The van der Waals surface area contributed by atoms with Gasteiger partial charge in [0.15, 0.2) is 0 Å². The first-order chi connectivity index (χ1) is 31.1. The van der Waals surface area contributed by atoms with Crippen molar-refractivity contribution in [3.8, 4) is 0 Å². The summed E-state index contributed by atoms with van der Waals surface area (Å²) in [5, 5.41) is 12.3. The Hall–Kier alpha value is -3.59. The molecule has 8 nitrogen and oxygen atoms in total. The third kappa shape index (κ3) is 18.6. The maximum absolute atomic E-state index is 11.6. The maximum atomic E-state index is 11.6. The molecule has 0 atom stereocenters. The Morgan fingerprint density at radius 1 is 0.523 bits per heavy atom. The van der Waals surface area contributed by atoms with Crippen molar-refractivity contribution in [1.82, 2.24) is 9.80 Å². The fourth-order valence-electron chi connectivity index (χ4n) is 8.44. The zero-order chi connectivity index (χ0) is 48.2. The van der Waals surface area contributed by atoms with Gasteiger partial charge in [0.2, 0.25) is 0 Å². The number of rotatable bonds is 22. The van der Waals surface area contributed by atoms with E-state index in [1.54, 1.807) is 0 Å². The second-order valence-electron chi connectivity index (χ2n) is 19.0. The number of hydrogen-bond donors (Lipinski definition) is 1. The number of ketones is 2. The topological polar surface area (TPSA) is 88.5 Å². The summed E-state index contributed by atoms with van der Waals surface area (Å²) in [6, 6.07) is 43.1. The van der Waals surface area contributed by atoms with Crippen LogP contribution >= 0.6 is 0 Å². The van der Waals surface area contributed by atoms with Crippen LogP contribution in [0.15, 0.2) is 121 Å². The van der Waals surface area contributed by atoms with Gasteiger partial charge in [0.05, 0.1) is 13.1 Å². The highest BCUT2D eigenvalue weighted by molar-refractivity contribution is 7.00. The molecule has 0 unspecified atom stereocenters. The summed E-state index contributed by atoms with van der Waals surface area (Å²) >= 11 is 0. The summed E-state index contributed by atoms with van der Waals surface area (Å²) < 4.78 is 18.8. The lowest BCUT2D eigenvalue weighted by atomic mass is 10.2. The van der Waals surface area contributed by atoms with Gasteiger partial charge in [0, 0.05) is 46.4 Å². The van der Waals surface area contributed by atoms with Gasteiger partial charge in [-0.25, -0.2) is 0 Å². The molecule has 0 aliphatic carbocycles. The number of carbonyl (C=O) groups excluding carboxylic acids is 2. The molecule has 5 rings (SSSR count). The van der Waals surface area contributed by atoms with Crippen molar-refractivity contribution in [2.45, 2.75) is 117 Å². The summed E-state index contributed by atoms with van der Waals surface area (Å²) in [6.07, 6.45) is 7.84. The smallest absolute Gasteiger partial charge is 0.261 e. The summed E-state index contributed by atoms with van der Waals surface area (Å²) in [4.78, 5) is 27.5. The molecule has 1 N–H and O–H groups in total. The Balaban J connectivity index is 0.000000388. The SMILES string of the molecule is C1CCOC1.CCC(=O)CN(C)CCCCO[Si](c1ccccc1)(c1ccccc1)C(C)(C)C.CCC(=O)CN(C)CCCCO[Si](c1ccccc1)(c1ccccc1)C(C)(C)C.CO. The van der Waals surface area contributed by atoms with Gasteiger partial charge in [-0.2, -0.15) is 0 Å². The third-order valence-electron chi connectivity index (χ3n) is 11.8. The number of likely N-dealkylation sites (N-methyl/N-ethyl adjacent to an activating group) is 2. The van der Waals surface area contributed by atoms with Gasteiger partial charge in [-0.15, -0.1) is 0 Å². The summed E-state index contributed by atoms with van der Waals surface area (Å²) in [6.45, 7) is 24.1. The van der Waals surface area contributed by atoms with Crippen molar-refractivity contribution in [3.05, 3.63) is 121 Å². The molecule has 1 aliphatic rings. The number of ether oxygens (including phenoxy) is 1. The van der Waals surface area contributed by atoms with E-state index in [4.69, 9.17) is 18.7 Å². The van der Waals surface area contributed by atoms with Crippen LogP contribution in [-0.2, 0) is 23.2 Å². The quantitative estimate of drug-likeness (QED) is 0.0618. The highest BCUT2D eigenvalue weighted by Crippen LogP contribution is 2.38. The van der Waals surface area contributed by atoms with E-state index in [0.717, 1.165) is 72.3 Å². The van der Waals surface area contributed by atoms with E-state index in [2.05, 4.69) is 173 Å². The van der Waals surface area contributed by atoms with Crippen molar-refractivity contribution in [2.75, 3.05) is 73.8 Å². The van der Waals surface area contributed by atoms with Crippen LogP contribution in [0.25, 0.3) is 0 Å². The highest BCUT2D eigenvalue weighted by atomic mass is 28.4. The Bertz CT molecular complexity index is 1610. The van der Waals surface area contributed by atoms with Crippen LogP contribution in [0, 0.1) is 0 Å². The number of aliphatic hydroxyl groups is 1. The molecule has 0 saturated carbocycles. The van der Waals surface area contributed by atoms with E-state index < -0.39 is 16.6 Å². The summed E-state index contributed by atoms with van der Waals surface area (Å²) in [7, 11) is 0.196. The molecule has 10 heteroatoms. The molecule has 65 heavy (non-hydrogen) atoms. The third-order valence-corrected chi connectivity index (χ3v) is 21.9. The van der Waals surface area contributed by atoms with E-state index in [9.17, 15) is 9.59 Å². The van der Waals surface area contributed by atoms with Crippen LogP contribution in [0.5, 0.6) is 0 Å². The molecule has 4 aromatic rings. The minimum absolute atomic E-state index is 0.0139. The van der Waals surface area contributed by atoms with Crippen molar-refractivity contribution in [3.63, 3.8) is 0 Å². The molecule has 0 spiro atoms. The second kappa shape index (κ2) is 30.7. The zero-order valence-corrected chi connectivity index (χ0v) is 44.2. The van der Waals surface area contributed by atoms with Gasteiger partial charge in [0.25, 0.3) is 16.6 Å². The number of benzene rings is 4. The van der Waals surface area contributed by atoms with Gasteiger partial charge in [-0.05, 0) is 96.5 Å². The minimum Gasteiger partial charge on any atom is -0.407 e. The van der Waals surface area contributed by atoms with Crippen LogP contribution in [-0.4, -0.2) is 117 Å². The van der Waals surface area contributed by atoms with Crippen LogP contribution in [0.3, 0.4) is 0 Å². The van der Waals surface area contributed by atoms with Gasteiger partial charge < -0.3 is 18.7 Å². The molecule has 1 fully saturated rings. The lowest BCUT2D eigenvalue weighted by Crippen LogP contribution is -2.66. The van der Waals surface area contributed by atoms with Crippen molar-refractivity contribution in [1.29, 1.82) is 0 Å². The standard InChI is InChI=1S/2C25H37NO2Si.C4H8O.CH4O/c2*1-6-22(27)21-26(5)19-13-14-20-28-29(25(2,3)4,23-15-9-7-10-16-23)24-17-11-8-12-18-24;1-2-4-5-3-1;1-2/h2*7-12,15-18H,6,13-14,19-21H2,1-5H3;1-4H2;2H,1H3. The Kier molecular flexibility index (Phi) is 27.1. The normalized spacial score (nSPS) is 13.0. The Morgan fingerprint density at radius 3 is 1.02 bits per heavy atom. The van der Waals surface area contributed by atoms with Crippen molar-refractivity contribution < 1.29 is 28.3 Å². The van der Waals surface area contributed by atoms with Crippen molar-refractivity contribution in [2.24, 2.45) is 0 Å². The molecule has 1 aliphatic heterocycles. The predicted octanol–water partition coefficient (Wildman–Crippen LogP) is 8.91. The molecule has 360 valence electrons. The molecule has 1 heterocycles. The predicted molar refractivity (Wildman–Crippen MR) is 279 cm³/mol. The average molecular weight is 927 g/mol. The largest absolute Gasteiger partial charge is 0.407 e. The van der Waals surface area contributed by atoms with Crippen LogP contribution in [0.1, 0.15) is 107 Å². The number of hydrogen-bond acceptors (Lipinski definition) is 8. The Labute approximate surface area is 397 Å². The Morgan fingerprint density at radius 2 is 0.800 bits per heavy atom. The fraction of sp³-hybridized carbons (Fsp3) is 0.527. The van der Waals surface area contributed by atoms with E-state index in [0.29, 0.717) is 37.5 Å². The first-order valence-electron chi connectivity index (χ1n) is 24.0. The first kappa shape index (κ1) is 57.5. The number of nitrogens with zero attached hydrogens (tertiary/aromatic N) is 2. The molecule has 0 amide bonds. The van der Waals surface area contributed by atoms with E-state index >= 15 is 0 Å². The zero-order valence-electron chi connectivity index (χ0n) is 42.2. The van der Waals surface area contributed by atoms with Crippen LogP contribution in [0.2, 0.25) is 10.1 Å².